The highest BCUT2D eigenvalue weighted by atomic mass is 32.1. The number of aromatic nitrogens is 3. The van der Waals surface area contributed by atoms with Crippen LogP contribution in [-0.2, 0) is 0 Å². The molecule has 196 valence electrons. The van der Waals surface area contributed by atoms with E-state index in [1.54, 1.807) is 0 Å². The molecule has 4 heterocycles. The molecule has 3 nitrogen and oxygen atoms in total. The van der Waals surface area contributed by atoms with Crippen molar-refractivity contribution in [3.63, 3.8) is 0 Å². The maximum absolute atomic E-state index is 5.33. The zero-order valence-electron chi connectivity index (χ0n) is 22.5. The third-order valence-electron chi connectivity index (χ3n) is 8.20. The van der Waals surface area contributed by atoms with Gasteiger partial charge in [0.15, 0.2) is 0 Å². The molecule has 9 aromatic rings. The third kappa shape index (κ3) is 3.46. The summed E-state index contributed by atoms with van der Waals surface area (Å²) >= 11 is 1.84. The molecule has 5 aromatic carbocycles. The van der Waals surface area contributed by atoms with Crippen LogP contribution in [0.3, 0.4) is 0 Å². The van der Waals surface area contributed by atoms with Crippen molar-refractivity contribution in [1.82, 2.24) is 14.5 Å². The molecule has 0 saturated carbocycles. The number of hydrogen-bond acceptors (Lipinski definition) is 3. The fourth-order valence-corrected chi connectivity index (χ4v) is 7.62. The van der Waals surface area contributed by atoms with Crippen LogP contribution < -0.4 is 0 Å². The van der Waals surface area contributed by atoms with Gasteiger partial charge in [-0.25, -0.2) is 9.97 Å². The highest BCUT2D eigenvalue weighted by molar-refractivity contribution is 7.26. The topological polar surface area (TPSA) is 30.7 Å². The van der Waals surface area contributed by atoms with Gasteiger partial charge in [0.1, 0.15) is 0 Å². The molecule has 0 unspecified atom stereocenters. The van der Waals surface area contributed by atoms with Crippen molar-refractivity contribution in [3.05, 3.63) is 140 Å². The molecule has 0 radical (unpaired) electrons. The lowest BCUT2D eigenvalue weighted by molar-refractivity contribution is 1.18. The van der Waals surface area contributed by atoms with Gasteiger partial charge >= 0.3 is 0 Å². The van der Waals surface area contributed by atoms with E-state index < -0.39 is 0 Å². The summed E-state index contributed by atoms with van der Waals surface area (Å²) in [5, 5.41) is 4.82. The van der Waals surface area contributed by atoms with Gasteiger partial charge in [-0.05, 0) is 42.5 Å². The van der Waals surface area contributed by atoms with Crippen LogP contribution in [0.2, 0.25) is 0 Å². The van der Waals surface area contributed by atoms with Crippen molar-refractivity contribution < 1.29 is 0 Å². The van der Waals surface area contributed by atoms with Gasteiger partial charge in [-0.2, -0.15) is 0 Å². The van der Waals surface area contributed by atoms with Crippen LogP contribution in [-0.4, -0.2) is 14.5 Å². The zero-order chi connectivity index (χ0) is 27.6. The maximum Gasteiger partial charge on any atom is 0.0971 e. The lowest BCUT2D eigenvalue weighted by Crippen LogP contribution is -1.93. The van der Waals surface area contributed by atoms with Gasteiger partial charge in [-0.15, -0.1) is 11.3 Å². The number of pyridine rings is 2. The number of hydrogen-bond donors (Lipinski definition) is 0. The number of fused-ring (bicyclic) bond motifs is 7. The molecule has 9 rings (SSSR count). The lowest BCUT2D eigenvalue weighted by Gasteiger charge is -2.08. The molecule has 0 aliphatic carbocycles. The van der Waals surface area contributed by atoms with Crippen molar-refractivity contribution in [2.24, 2.45) is 0 Å². The standard InChI is InChI=1S/C38H23N3S/c1-2-11-25(12-3-1)41-34-19-7-5-13-30(34)36-35(41)23-22-33(40-36)29-17-9-15-27-26-14-8-16-28(37(26)42-38(27)29)32-21-20-24-10-4-6-18-31(24)39-32/h1-23H. The Bertz CT molecular complexity index is 2470. The highest BCUT2D eigenvalue weighted by Crippen LogP contribution is 2.44. The summed E-state index contributed by atoms with van der Waals surface area (Å²) in [6.07, 6.45) is 0. The van der Waals surface area contributed by atoms with Gasteiger partial charge in [-0.1, -0.05) is 97.1 Å². The van der Waals surface area contributed by atoms with Crippen molar-refractivity contribution >= 4 is 64.3 Å². The summed E-state index contributed by atoms with van der Waals surface area (Å²) in [5.41, 5.74) is 9.76. The highest BCUT2D eigenvalue weighted by Gasteiger charge is 2.18. The second-order valence-electron chi connectivity index (χ2n) is 10.6. The predicted molar refractivity (Wildman–Crippen MR) is 178 cm³/mol. The van der Waals surface area contributed by atoms with Crippen LogP contribution in [0.15, 0.2) is 140 Å². The first-order valence-electron chi connectivity index (χ1n) is 14.1. The molecule has 0 atom stereocenters. The van der Waals surface area contributed by atoms with Crippen molar-refractivity contribution in [3.8, 4) is 28.2 Å². The summed E-state index contributed by atoms with van der Waals surface area (Å²) < 4.78 is 4.81. The summed E-state index contributed by atoms with van der Waals surface area (Å²) in [5.74, 6) is 0. The molecule has 0 saturated heterocycles. The largest absolute Gasteiger partial charge is 0.308 e. The maximum atomic E-state index is 5.33. The minimum absolute atomic E-state index is 0.987. The normalized spacial score (nSPS) is 11.8. The third-order valence-corrected chi connectivity index (χ3v) is 9.49. The average molecular weight is 554 g/mol. The van der Waals surface area contributed by atoms with Crippen molar-refractivity contribution in [2.45, 2.75) is 0 Å². The second-order valence-corrected chi connectivity index (χ2v) is 11.6. The van der Waals surface area contributed by atoms with E-state index in [1.165, 1.54) is 25.7 Å². The van der Waals surface area contributed by atoms with E-state index in [-0.39, 0.29) is 0 Å². The number of benzene rings is 5. The van der Waals surface area contributed by atoms with Crippen LogP contribution in [0.4, 0.5) is 0 Å². The first kappa shape index (κ1) is 23.4. The van der Waals surface area contributed by atoms with Gasteiger partial charge in [0, 0.05) is 47.8 Å². The molecule has 0 aliphatic heterocycles. The molecule has 0 bridgehead atoms. The Morgan fingerprint density at radius 2 is 1.10 bits per heavy atom. The van der Waals surface area contributed by atoms with Crippen molar-refractivity contribution in [1.29, 1.82) is 0 Å². The van der Waals surface area contributed by atoms with E-state index in [0.717, 1.165) is 55.5 Å². The van der Waals surface area contributed by atoms with E-state index >= 15 is 0 Å². The second kappa shape index (κ2) is 9.10. The summed E-state index contributed by atoms with van der Waals surface area (Å²) in [6.45, 7) is 0. The molecule has 4 aromatic heterocycles. The number of nitrogens with zero attached hydrogens (tertiary/aromatic N) is 3. The van der Waals surface area contributed by atoms with Crippen LogP contribution in [0.1, 0.15) is 0 Å². The molecule has 0 aliphatic rings. The Balaban J connectivity index is 1.27. The van der Waals surface area contributed by atoms with Crippen molar-refractivity contribution in [2.75, 3.05) is 0 Å². The SMILES string of the molecule is c1ccc(-n2c3ccccc3c3nc(-c4cccc5c4sc4c(-c6ccc7ccccc7n6)cccc45)ccc32)cc1. The summed E-state index contributed by atoms with van der Waals surface area (Å²) in [4.78, 5) is 10.4. The van der Waals surface area contributed by atoms with Gasteiger partial charge in [0.25, 0.3) is 0 Å². The fraction of sp³-hybridized carbons (Fsp3) is 0. The zero-order valence-corrected chi connectivity index (χ0v) is 23.3. The monoisotopic (exact) mass is 553 g/mol. The smallest absolute Gasteiger partial charge is 0.0971 e. The Labute approximate surface area is 246 Å². The Morgan fingerprint density at radius 1 is 0.452 bits per heavy atom. The molecule has 4 heteroatoms. The quantitative estimate of drug-likeness (QED) is 0.218. The van der Waals surface area contributed by atoms with E-state index in [2.05, 4.69) is 138 Å². The van der Waals surface area contributed by atoms with E-state index in [9.17, 15) is 0 Å². The number of para-hydroxylation sites is 3. The van der Waals surface area contributed by atoms with Crippen LogP contribution in [0.25, 0.3) is 81.2 Å². The average Bonchev–Trinajstić information content (AvgIpc) is 3.60. The fourth-order valence-electron chi connectivity index (χ4n) is 6.27. The van der Waals surface area contributed by atoms with Crippen LogP contribution in [0, 0.1) is 0 Å². The first-order chi connectivity index (χ1) is 20.8. The van der Waals surface area contributed by atoms with Gasteiger partial charge < -0.3 is 4.57 Å². The van der Waals surface area contributed by atoms with E-state index in [1.807, 2.05) is 17.4 Å². The molecule has 0 N–H and O–H groups in total. The molecular weight excluding hydrogens is 531 g/mol. The van der Waals surface area contributed by atoms with Crippen LogP contribution >= 0.6 is 11.3 Å². The van der Waals surface area contributed by atoms with Gasteiger partial charge in [0.05, 0.1) is 33.5 Å². The Hall–Kier alpha value is -5.32. The molecule has 0 spiro atoms. The Kier molecular flexibility index (Phi) is 5.07. The van der Waals surface area contributed by atoms with Gasteiger partial charge in [0.2, 0.25) is 0 Å². The molecule has 42 heavy (non-hydrogen) atoms. The van der Waals surface area contributed by atoms with E-state index in [4.69, 9.17) is 9.97 Å². The minimum Gasteiger partial charge on any atom is -0.308 e. The molecular formula is C38H23N3S. The Morgan fingerprint density at radius 3 is 1.90 bits per heavy atom. The first-order valence-corrected chi connectivity index (χ1v) is 14.9. The number of rotatable bonds is 3. The number of thiophene rings is 1. The summed E-state index contributed by atoms with van der Waals surface area (Å²) in [6, 6.07) is 49.2. The minimum atomic E-state index is 0.987. The predicted octanol–water partition coefficient (Wildman–Crippen LogP) is 10.4. The van der Waals surface area contributed by atoms with Gasteiger partial charge in [-0.3, -0.25) is 0 Å². The van der Waals surface area contributed by atoms with Crippen LogP contribution in [0.5, 0.6) is 0 Å². The van der Waals surface area contributed by atoms with E-state index in [0.29, 0.717) is 0 Å². The molecule has 0 fully saturated rings. The molecule has 0 amide bonds. The lowest BCUT2D eigenvalue weighted by atomic mass is 10.0. The summed E-state index contributed by atoms with van der Waals surface area (Å²) in [7, 11) is 0.